The Morgan fingerprint density at radius 3 is 2.61 bits per heavy atom. The van der Waals surface area contributed by atoms with Crippen molar-refractivity contribution in [3.8, 4) is 17.3 Å². The zero-order chi connectivity index (χ0) is 27.4. The standard InChI is InChI=1S/C27H33F2N7O2/c1-27(2,3)38-26(37)34-11-5-9-21(10-6-12-34)36-25(31)22(14-30)23(33-36)20-15-32-35(17-20)16-18-7-4-8-19(13-18)24(28)29/h4,7-8,13,15,17,21,24H,5-6,9-12,16,31H2,1-3H3. The smallest absolute Gasteiger partial charge is 0.410 e. The second-order valence-electron chi connectivity index (χ2n) is 10.5. The number of amides is 1. The zero-order valence-corrected chi connectivity index (χ0v) is 21.9. The van der Waals surface area contributed by atoms with Gasteiger partial charge in [0.2, 0.25) is 0 Å². The van der Waals surface area contributed by atoms with Crippen LogP contribution >= 0.6 is 0 Å². The van der Waals surface area contributed by atoms with Gasteiger partial charge in [-0.1, -0.05) is 18.2 Å². The Morgan fingerprint density at radius 1 is 1.26 bits per heavy atom. The summed E-state index contributed by atoms with van der Waals surface area (Å²) in [7, 11) is 0. The van der Waals surface area contributed by atoms with Gasteiger partial charge in [0.25, 0.3) is 6.43 Å². The summed E-state index contributed by atoms with van der Waals surface area (Å²) in [6.45, 7) is 7.00. The number of nitriles is 1. The lowest BCUT2D eigenvalue weighted by atomic mass is 10.0. The third kappa shape index (κ3) is 6.30. The highest BCUT2D eigenvalue weighted by Crippen LogP contribution is 2.32. The van der Waals surface area contributed by atoms with Crippen molar-refractivity contribution in [2.75, 3.05) is 18.8 Å². The minimum absolute atomic E-state index is 0.0104. The van der Waals surface area contributed by atoms with Gasteiger partial charge in [0.15, 0.2) is 0 Å². The van der Waals surface area contributed by atoms with Gasteiger partial charge in [-0.25, -0.2) is 18.3 Å². The summed E-state index contributed by atoms with van der Waals surface area (Å²) in [5.74, 6) is 0.300. The van der Waals surface area contributed by atoms with Crippen molar-refractivity contribution >= 4 is 11.9 Å². The third-order valence-corrected chi connectivity index (χ3v) is 6.44. The van der Waals surface area contributed by atoms with Crippen molar-refractivity contribution < 1.29 is 18.3 Å². The molecule has 1 aliphatic rings. The highest BCUT2D eigenvalue weighted by atomic mass is 19.3. The lowest BCUT2D eigenvalue weighted by molar-refractivity contribution is 0.0228. The molecule has 38 heavy (non-hydrogen) atoms. The predicted molar refractivity (Wildman–Crippen MR) is 138 cm³/mol. The first-order valence-corrected chi connectivity index (χ1v) is 12.7. The first-order valence-electron chi connectivity index (χ1n) is 12.7. The molecule has 1 fully saturated rings. The largest absolute Gasteiger partial charge is 0.444 e. The number of nitrogens with zero attached hydrogens (tertiary/aromatic N) is 6. The van der Waals surface area contributed by atoms with Crippen LogP contribution in [0.4, 0.5) is 19.4 Å². The highest BCUT2D eigenvalue weighted by Gasteiger charge is 2.27. The number of anilines is 1. The lowest BCUT2D eigenvalue weighted by Crippen LogP contribution is -2.39. The van der Waals surface area contributed by atoms with E-state index in [0.717, 1.165) is 25.7 Å². The molecule has 0 aliphatic carbocycles. The minimum atomic E-state index is -2.54. The number of benzene rings is 1. The van der Waals surface area contributed by atoms with Gasteiger partial charge in [-0.15, -0.1) is 0 Å². The fourth-order valence-electron chi connectivity index (χ4n) is 4.67. The molecule has 1 aliphatic heterocycles. The fourth-order valence-corrected chi connectivity index (χ4v) is 4.67. The first-order chi connectivity index (χ1) is 18.1. The average Bonchev–Trinajstić information content (AvgIpc) is 3.42. The van der Waals surface area contributed by atoms with Gasteiger partial charge in [0, 0.05) is 30.4 Å². The van der Waals surface area contributed by atoms with Gasteiger partial charge in [0.05, 0.1) is 18.8 Å². The molecule has 0 bridgehead atoms. The molecule has 9 nitrogen and oxygen atoms in total. The number of likely N-dealkylation sites (tertiary alicyclic amines) is 1. The molecule has 1 aromatic carbocycles. The quantitative estimate of drug-likeness (QED) is 0.468. The Kier molecular flexibility index (Phi) is 7.99. The van der Waals surface area contributed by atoms with Crippen LogP contribution in [0.1, 0.15) is 75.6 Å². The Hall–Kier alpha value is -3.94. The maximum Gasteiger partial charge on any atom is 0.410 e. The molecule has 2 N–H and O–H groups in total. The maximum absolute atomic E-state index is 13.1. The Labute approximate surface area is 220 Å². The summed E-state index contributed by atoms with van der Waals surface area (Å²) in [6, 6.07) is 8.37. The molecule has 0 atom stereocenters. The molecule has 0 unspecified atom stereocenters. The van der Waals surface area contributed by atoms with Crippen LogP contribution in [0.2, 0.25) is 0 Å². The van der Waals surface area contributed by atoms with E-state index in [4.69, 9.17) is 15.6 Å². The number of halogens is 2. The highest BCUT2D eigenvalue weighted by molar-refractivity contribution is 5.72. The number of alkyl halides is 2. The second kappa shape index (κ2) is 11.2. The molecular weight excluding hydrogens is 492 g/mol. The van der Waals surface area contributed by atoms with E-state index in [-0.39, 0.29) is 23.3 Å². The Bertz CT molecular complexity index is 1310. The number of nitrogen functional groups attached to an aromatic ring is 1. The van der Waals surface area contributed by atoms with Gasteiger partial charge in [0.1, 0.15) is 28.7 Å². The maximum atomic E-state index is 13.1. The van der Waals surface area contributed by atoms with Crippen LogP contribution in [0.15, 0.2) is 36.7 Å². The molecule has 3 heterocycles. The molecule has 202 valence electrons. The topological polar surface area (TPSA) is 115 Å². The van der Waals surface area contributed by atoms with E-state index in [9.17, 15) is 18.8 Å². The van der Waals surface area contributed by atoms with E-state index in [1.165, 1.54) is 12.1 Å². The van der Waals surface area contributed by atoms with E-state index < -0.39 is 12.0 Å². The monoisotopic (exact) mass is 525 g/mol. The number of carbonyl (C=O) groups excluding carboxylic acids is 1. The van der Waals surface area contributed by atoms with Crippen molar-refractivity contribution in [1.82, 2.24) is 24.5 Å². The summed E-state index contributed by atoms with van der Waals surface area (Å²) in [5, 5.41) is 18.9. The van der Waals surface area contributed by atoms with E-state index in [1.807, 2.05) is 20.8 Å². The van der Waals surface area contributed by atoms with Crippen LogP contribution in [0, 0.1) is 11.3 Å². The van der Waals surface area contributed by atoms with Crippen LogP contribution in [0.5, 0.6) is 0 Å². The summed E-state index contributed by atoms with van der Waals surface area (Å²) in [4.78, 5) is 14.2. The van der Waals surface area contributed by atoms with Crippen molar-refractivity contribution in [2.24, 2.45) is 0 Å². The molecule has 1 amide bonds. The Balaban J connectivity index is 1.48. The second-order valence-corrected chi connectivity index (χ2v) is 10.5. The van der Waals surface area contributed by atoms with Crippen molar-refractivity contribution in [1.29, 1.82) is 5.26 Å². The van der Waals surface area contributed by atoms with Crippen molar-refractivity contribution in [3.63, 3.8) is 0 Å². The minimum Gasteiger partial charge on any atom is -0.444 e. The van der Waals surface area contributed by atoms with Crippen molar-refractivity contribution in [3.05, 3.63) is 53.3 Å². The summed E-state index contributed by atoms with van der Waals surface area (Å²) >= 11 is 0. The van der Waals surface area contributed by atoms with Crippen LogP contribution < -0.4 is 5.73 Å². The Morgan fingerprint density at radius 2 is 1.97 bits per heavy atom. The van der Waals surface area contributed by atoms with E-state index in [1.54, 1.807) is 38.8 Å². The predicted octanol–water partition coefficient (Wildman–Crippen LogP) is 5.54. The van der Waals surface area contributed by atoms with Crippen LogP contribution in [0.25, 0.3) is 11.3 Å². The number of aromatic nitrogens is 4. The van der Waals surface area contributed by atoms with Crippen LogP contribution in [0.3, 0.4) is 0 Å². The number of hydrogen-bond acceptors (Lipinski definition) is 6. The molecule has 11 heteroatoms. The average molecular weight is 526 g/mol. The number of carbonyl (C=O) groups is 1. The molecule has 0 spiro atoms. The summed E-state index contributed by atoms with van der Waals surface area (Å²) in [6.07, 6.45) is 3.47. The molecule has 0 saturated carbocycles. The number of hydrogen-bond donors (Lipinski definition) is 1. The zero-order valence-electron chi connectivity index (χ0n) is 21.9. The first kappa shape index (κ1) is 27.1. The lowest BCUT2D eigenvalue weighted by Gasteiger charge is -2.30. The summed E-state index contributed by atoms with van der Waals surface area (Å²) in [5.41, 5.74) is 7.84. The molecule has 2 aromatic heterocycles. The van der Waals surface area contributed by atoms with Gasteiger partial charge in [-0.2, -0.15) is 15.5 Å². The number of rotatable bonds is 5. The van der Waals surface area contributed by atoms with Crippen LogP contribution in [-0.2, 0) is 11.3 Å². The molecular formula is C27H33F2N7O2. The van der Waals surface area contributed by atoms with Gasteiger partial charge in [-0.05, 0) is 58.1 Å². The molecule has 3 aromatic rings. The van der Waals surface area contributed by atoms with E-state index in [2.05, 4.69) is 11.2 Å². The van der Waals surface area contributed by atoms with Crippen LogP contribution in [-0.4, -0.2) is 49.2 Å². The van der Waals surface area contributed by atoms with E-state index >= 15 is 0 Å². The van der Waals surface area contributed by atoms with Crippen molar-refractivity contribution in [2.45, 2.75) is 71.1 Å². The number of ether oxygens (including phenoxy) is 1. The number of nitrogens with two attached hydrogens (primary N) is 1. The third-order valence-electron chi connectivity index (χ3n) is 6.44. The normalized spacial score (nSPS) is 15.2. The SMILES string of the molecule is CC(C)(C)OC(=O)N1CCCC(n2nc(-c3cnn(Cc4cccc(C(F)F)c4)c3)c(C#N)c2N)CCC1. The van der Waals surface area contributed by atoms with Gasteiger partial charge >= 0.3 is 6.09 Å². The van der Waals surface area contributed by atoms with Gasteiger partial charge < -0.3 is 15.4 Å². The fraction of sp³-hybridized carbons (Fsp3) is 0.481. The summed E-state index contributed by atoms with van der Waals surface area (Å²) < 4.78 is 35.0. The molecule has 0 radical (unpaired) electrons. The van der Waals surface area contributed by atoms with Gasteiger partial charge in [-0.3, -0.25) is 4.68 Å². The van der Waals surface area contributed by atoms with E-state index in [0.29, 0.717) is 42.3 Å². The molecule has 4 rings (SSSR count). The molecule has 1 saturated heterocycles.